The third-order valence-corrected chi connectivity index (χ3v) is 3.87. The van der Waals surface area contributed by atoms with Crippen LogP contribution in [-0.4, -0.2) is 34.7 Å². The summed E-state index contributed by atoms with van der Waals surface area (Å²) in [6.45, 7) is 1.96. The number of rotatable bonds is 2. The van der Waals surface area contributed by atoms with E-state index in [0.717, 1.165) is 0 Å². The Morgan fingerprint density at radius 3 is 2.37 bits per heavy atom. The third kappa shape index (κ3) is 2.18. The fourth-order valence-corrected chi connectivity index (χ4v) is 2.66. The van der Waals surface area contributed by atoms with Crippen LogP contribution in [0.5, 0.6) is 0 Å². The quantitative estimate of drug-likeness (QED) is 0.807. The molecule has 0 N–H and O–H groups in total. The number of hydrogen-bond acceptors (Lipinski definition) is 5. The zero-order chi connectivity index (χ0) is 14.2. The molecule has 1 aromatic heterocycles. The van der Waals surface area contributed by atoms with Crippen LogP contribution in [0.1, 0.15) is 16.7 Å². The number of alkyl halides is 1. The Hall–Kier alpha value is -1.99. The molecule has 19 heavy (non-hydrogen) atoms. The number of nitrogens with zero attached hydrogens (tertiary/aromatic N) is 4. The summed E-state index contributed by atoms with van der Waals surface area (Å²) in [7, 11) is -1.44. The van der Waals surface area contributed by atoms with Crippen LogP contribution < -0.4 is 4.90 Å². The van der Waals surface area contributed by atoms with Crippen molar-refractivity contribution in [3.63, 3.8) is 0 Å². The first-order chi connectivity index (χ1) is 8.99. The van der Waals surface area contributed by atoms with E-state index in [9.17, 15) is 13.9 Å². The minimum Gasteiger partial charge on any atom is -0.349 e. The van der Waals surface area contributed by atoms with Gasteiger partial charge in [-0.15, -0.1) is 0 Å². The molecule has 0 saturated carbocycles. The lowest BCUT2D eigenvalue weighted by atomic mass is 10.0. The summed E-state index contributed by atoms with van der Waals surface area (Å²) in [5.41, 5.74) is 0.860. The highest BCUT2D eigenvalue weighted by Gasteiger charge is 2.31. The number of aromatic nitrogens is 1. The molecule has 1 atom stereocenters. The van der Waals surface area contributed by atoms with E-state index >= 15 is 0 Å². The van der Waals surface area contributed by atoms with Gasteiger partial charge < -0.3 is 4.90 Å². The Morgan fingerprint density at radius 1 is 1.37 bits per heavy atom. The molecular weight excluding hydrogens is 267 g/mol. The normalized spacial score (nSPS) is 16.4. The monoisotopic (exact) mass is 278 g/mol. The summed E-state index contributed by atoms with van der Waals surface area (Å²) in [6, 6.07) is 3.92. The van der Waals surface area contributed by atoms with Crippen LogP contribution in [-0.2, 0) is 10.8 Å². The molecule has 1 aliphatic rings. The van der Waals surface area contributed by atoms with Gasteiger partial charge in [0.1, 0.15) is 29.2 Å². The second kappa shape index (κ2) is 4.94. The lowest BCUT2D eigenvalue weighted by molar-refractivity contribution is 0.273. The molecule has 2 heterocycles. The molecule has 2 rings (SSSR count). The second-order valence-corrected chi connectivity index (χ2v) is 5.59. The van der Waals surface area contributed by atoms with Crippen LogP contribution >= 0.6 is 0 Å². The molecule has 7 heteroatoms. The van der Waals surface area contributed by atoms with E-state index in [4.69, 9.17) is 5.26 Å². The Morgan fingerprint density at radius 2 is 1.95 bits per heavy atom. The van der Waals surface area contributed by atoms with Crippen molar-refractivity contribution in [1.29, 1.82) is 10.5 Å². The number of hydrogen-bond donors (Lipinski definition) is 0. The number of anilines is 1. The summed E-state index contributed by atoms with van der Waals surface area (Å²) in [5, 5.41) is 18.4. The maximum absolute atomic E-state index is 12.9. The molecule has 1 aliphatic heterocycles. The largest absolute Gasteiger partial charge is 0.349 e. The van der Waals surface area contributed by atoms with Crippen molar-refractivity contribution in [3.8, 4) is 12.1 Å². The lowest BCUT2D eigenvalue weighted by Crippen LogP contribution is -2.49. The molecule has 1 unspecified atom stereocenters. The highest BCUT2D eigenvalue weighted by Crippen LogP contribution is 2.30. The number of nitriles is 2. The smallest absolute Gasteiger partial charge is 0.148 e. The Labute approximate surface area is 112 Å². The number of halogens is 1. The molecule has 1 fully saturated rings. The highest BCUT2D eigenvalue weighted by molar-refractivity contribution is 7.84. The van der Waals surface area contributed by atoms with Crippen molar-refractivity contribution in [2.24, 2.45) is 0 Å². The van der Waals surface area contributed by atoms with Gasteiger partial charge in [0, 0.05) is 6.26 Å². The van der Waals surface area contributed by atoms with Gasteiger partial charge in [-0.3, -0.25) is 4.21 Å². The first kappa shape index (κ1) is 13.4. The van der Waals surface area contributed by atoms with Crippen molar-refractivity contribution in [1.82, 2.24) is 4.98 Å². The van der Waals surface area contributed by atoms with Crippen LogP contribution in [0.2, 0.25) is 0 Å². The third-order valence-electron chi connectivity index (χ3n) is 3.03. The lowest BCUT2D eigenvalue weighted by Gasteiger charge is -2.36. The summed E-state index contributed by atoms with van der Waals surface area (Å²) in [6.07, 6.45) is 0.492. The van der Waals surface area contributed by atoms with Crippen molar-refractivity contribution in [2.45, 2.75) is 18.1 Å². The topological polar surface area (TPSA) is 80.8 Å². The van der Waals surface area contributed by atoms with Crippen LogP contribution in [0.15, 0.2) is 5.03 Å². The SMILES string of the molecule is Cc1c(C#N)c(N2CC(F)C2)nc(S(C)=O)c1C#N. The first-order valence-electron chi connectivity index (χ1n) is 5.56. The summed E-state index contributed by atoms with van der Waals surface area (Å²) >= 11 is 0. The van der Waals surface area contributed by atoms with E-state index in [2.05, 4.69) is 4.98 Å². The van der Waals surface area contributed by atoms with Gasteiger partial charge in [0.05, 0.1) is 35.0 Å². The van der Waals surface area contributed by atoms with E-state index in [-0.39, 0.29) is 29.2 Å². The van der Waals surface area contributed by atoms with Crippen molar-refractivity contribution in [2.75, 3.05) is 24.2 Å². The standard InChI is InChI=1S/C12H11FN4OS/c1-7-9(3-14)11(17-5-8(13)6-17)16-12(19(2)18)10(7)4-15/h8H,5-6H2,1-2H3. The molecule has 0 spiro atoms. The second-order valence-electron chi connectivity index (χ2n) is 4.30. The molecular formula is C12H11FN4OS. The summed E-state index contributed by atoms with van der Waals surface area (Å²) in [4.78, 5) is 5.76. The van der Waals surface area contributed by atoms with Gasteiger partial charge in [0.15, 0.2) is 0 Å². The van der Waals surface area contributed by atoms with Gasteiger partial charge in [-0.05, 0) is 12.5 Å². The molecule has 1 aromatic rings. The number of pyridine rings is 1. The van der Waals surface area contributed by atoms with Gasteiger partial charge in [0.2, 0.25) is 0 Å². The van der Waals surface area contributed by atoms with Crippen LogP contribution in [0.3, 0.4) is 0 Å². The molecule has 0 aliphatic carbocycles. The predicted octanol–water partition coefficient (Wildman–Crippen LogP) is 1.03. The average Bonchev–Trinajstić information content (AvgIpc) is 2.33. The Kier molecular flexibility index (Phi) is 3.50. The molecule has 98 valence electrons. The molecule has 0 bridgehead atoms. The van der Waals surface area contributed by atoms with E-state index in [1.165, 1.54) is 6.26 Å². The van der Waals surface area contributed by atoms with Gasteiger partial charge in [-0.2, -0.15) is 10.5 Å². The Bertz CT molecular complexity index is 641. The first-order valence-corrected chi connectivity index (χ1v) is 7.12. The predicted molar refractivity (Wildman–Crippen MR) is 67.8 cm³/mol. The van der Waals surface area contributed by atoms with Crippen LogP contribution in [0.25, 0.3) is 0 Å². The zero-order valence-corrected chi connectivity index (χ0v) is 11.3. The minimum absolute atomic E-state index is 0.149. The molecule has 1 saturated heterocycles. The summed E-state index contributed by atoms with van der Waals surface area (Å²) in [5.74, 6) is 0.318. The van der Waals surface area contributed by atoms with E-state index in [1.54, 1.807) is 11.8 Å². The van der Waals surface area contributed by atoms with E-state index < -0.39 is 17.0 Å². The Balaban J connectivity index is 2.65. The zero-order valence-electron chi connectivity index (χ0n) is 10.5. The summed E-state index contributed by atoms with van der Waals surface area (Å²) < 4.78 is 24.6. The molecule has 0 aromatic carbocycles. The van der Waals surface area contributed by atoms with E-state index in [1.807, 2.05) is 12.1 Å². The van der Waals surface area contributed by atoms with Gasteiger partial charge in [-0.1, -0.05) is 0 Å². The van der Waals surface area contributed by atoms with Gasteiger partial charge >= 0.3 is 0 Å². The van der Waals surface area contributed by atoms with Crippen molar-refractivity contribution in [3.05, 3.63) is 16.7 Å². The fraction of sp³-hybridized carbons (Fsp3) is 0.417. The highest BCUT2D eigenvalue weighted by atomic mass is 32.2. The van der Waals surface area contributed by atoms with Gasteiger partial charge in [0.25, 0.3) is 0 Å². The van der Waals surface area contributed by atoms with Crippen molar-refractivity contribution >= 4 is 16.6 Å². The maximum Gasteiger partial charge on any atom is 0.148 e. The fourth-order valence-electron chi connectivity index (χ4n) is 1.96. The van der Waals surface area contributed by atoms with E-state index in [0.29, 0.717) is 11.4 Å². The van der Waals surface area contributed by atoms with Crippen LogP contribution in [0.4, 0.5) is 10.2 Å². The van der Waals surface area contributed by atoms with Crippen LogP contribution in [0, 0.1) is 29.6 Å². The average molecular weight is 278 g/mol. The van der Waals surface area contributed by atoms with Crippen molar-refractivity contribution < 1.29 is 8.60 Å². The maximum atomic E-state index is 12.9. The minimum atomic E-state index is -1.44. The van der Waals surface area contributed by atoms with Gasteiger partial charge in [-0.25, -0.2) is 9.37 Å². The molecule has 5 nitrogen and oxygen atoms in total. The molecule has 0 amide bonds. The molecule has 0 radical (unpaired) electrons.